The molecule has 3 aliphatic rings. The van der Waals surface area contributed by atoms with Gasteiger partial charge >= 0.3 is 0 Å². The van der Waals surface area contributed by atoms with Crippen LogP contribution in [-0.2, 0) is 16.0 Å². The Morgan fingerprint density at radius 3 is 2.27 bits per heavy atom. The Labute approximate surface area is 251 Å². The summed E-state index contributed by atoms with van der Waals surface area (Å²) in [7, 11) is 0. The number of ketones is 2. The fraction of sp³-hybridized carbons (Fsp3) is 0.188. The van der Waals surface area contributed by atoms with E-state index in [0.717, 1.165) is 41.6 Å². The number of hydrogen-bond donors (Lipinski definition) is 1. The number of carbonyl (C=O) groups excluding carboxylic acids is 2. The average molecular weight is 681 g/mol. The van der Waals surface area contributed by atoms with Gasteiger partial charge in [-0.05, 0) is 70.9 Å². The molecule has 40 heavy (non-hydrogen) atoms. The third kappa shape index (κ3) is 3.35. The fourth-order valence-corrected chi connectivity index (χ4v) is 7.38. The van der Waals surface area contributed by atoms with E-state index in [4.69, 9.17) is 21.1 Å². The highest BCUT2D eigenvalue weighted by atomic mass is 79.9. The second-order valence-corrected chi connectivity index (χ2v) is 12.8. The predicted octanol–water partition coefficient (Wildman–Crippen LogP) is 7.66. The second kappa shape index (κ2) is 8.76. The van der Waals surface area contributed by atoms with Crippen LogP contribution >= 0.6 is 43.5 Å². The summed E-state index contributed by atoms with van der Waals surface area (Å²) < 4.78 is 14.9. The van der Waals surface area contributed by atoms with Crippen LogP contribution in [0.5, 0.6) is 11.5 Å². The molecular weight excluding hydrogens is 660 g/mol. The zero-order valence-corrected chi connectivity index (χ0v) is 25.3. The van der Waals surface area contributed by atoms with E-state index in [1.165, 1.54) is 6.92 Å². The largest absolute Gasteiger partial charge is 0.478 e. The van der Waals surface area contributed by atoms with Crippen LogP contribution in [0.4, 0.5) is 0 Å². The van der Waals surface area contributed by atoms with E-state index < -0.39 is 22.9 Å². The summed E-state index contributed by atoms with van der Waals surface area (Å²) in [5.74, 6) is -1.07. The summed E-state index contributed by atoms with van der Waals surface area (Å²) in [6.07, 6.45) is 2.03. The third-order valence-electron chi connectivity index (χ3n) is 8.52. The number of benzene rings is 4. The van der Waals surface area contributed by atoms with Gasteiger partial charge in [0.2, 0.25) is 5.78 Å². The monoisotopic (exact) mass is 678 g/mol. The summed E-state index contributed by atoms with van der Waals surface area (Å²) in [6, 6.07) is 19.4. The molecule has 1 aliphatic carbocycles. The first-order valence-electron chi connectivity index (χ1n) is 12.8. The van der Waals surface area contributed by atoms with Crippen molar-refractivity contribution in [2.75, 3.05) is 0 Å². The molecule has 0 unspecified atom stereocenters. The molecule has 2 heterocycles. The van der Waals surface area contributed by atoms with Crippen molar-refractivity contribution in [1.82, 2.24) is 0 Å². The highest BCUT2D eigenvalue weighted by Gasteiger charge is 2.70. The van der Waals surface area contributed by atoms with E-state index in [1.54, 1.807) is 6.92 Å². The van der Waals surface area contributed by atoms with Crippen molar-refractivity contribution in [2.45, 2.75) is 31.5 Å². The molecule has 0 aromatic heterocycles. The summed E-state index contributed by atoms with van der Waals surface area (Å²) in [6.45, 7) is 2.90. The standard InChI is InChI=1S/C32H21Br2ClO5/c1-15(16(2)36)32(38)30(37)28(35)29-25(13-23-21-7-5-19(33)11-17(21)3-9-26(23)39-29)31(32)14-24-22-8-6-20(34)12-18(22)4-10-27(24)40-31/h3-13,15,38H,14H2,1-2H3/t15-,31-,32-/m0/s1. The van der Waals surface area contributed by atoms with E-state index in [9.17, 15) is 14.7 Å². The first kappa shape index (κ1) is 26.0. The van der Waals surface area contributed by atoms with Gasteiger partial charge in [0.25, 0.3) is 0 Å². The van der Waals surface area contributed by atoms with Crippen LogP contribution < -0.4 is 9.47 Å². The van der Waals surface area contributed by atoms with Crippen molar-refractivity contribution < 1.29 is 24.2 Å². The topological polar surface area (TPSA) is 72.8 Å². The Morgan fingerprint density at radius 2 is 1.60 bits per heavy atom. The van der Waals surface area contributed by atoms with Crippen LogP contribution in [0.1, 0.15) is 25.0 Å². The minimum atomic E-state index is -2.29. The van der Waals surface area contributed by atoms with Crippen molar-refractivity contribution in [3.63, 3.8) is 0 Å². The molecule has 0 radical (unpaired) electrons. The molecule has 200 valence electrons. The number of rotatable bonds is 2. The molecule has 3 atom stereocenters. The molecule has 1 spiro atoms. The maximum atomic E-state index is 14.0. The van der Waals surface area contributed by atoms with E-state index in [2.05, 4.69) is 31.9 Å². The smallest absolute Gasteiger partial charge is 0.214 e. The van der Waals surface area contributed by atoms with Crippen LogP contribution in [0.15, 0.2) is 86.0 Å². The van der Waals surface area contributed by atoms with Crippen molar-refractivity contribution >= 4 is 82.6 Å². The van der Waals surface area contributed by atoms with Gasteiger partial charge in [-0.1, -0.05) is 74.7 Å². The van der Waals surface area contributed by atoms with Gasteiger partial charge in [-0.2, -0.15) is 0 Å². The Bertz CT molecular complexity index is 1910. The first-order valence-corrected chi connectivity index (χ1v) is 14.7. The van der Waals surface area contributed by atoms with Gasteiger partial charge in [-0.3, -0.25) is 9.59 Å². The highest BCUT2D eigenvalue weighted by molar-refractivity contribution is 9.10. The van der Waals surface area contributed by atoms with Crippen molar-refractivity contribution in [1.29, 1.82) is 0 Å². The van der Waals surface area contributed by atoms with Crippen LogP contribution in [0, 0.1) is 5.92 Å². The zero-order chi connectivity index (χ0) is 28.1. The molecule has 0 amide bonds. The van der Waals surface area contributed by atoms with E-state index >= 15 is 0 Å². The quantitative estimate of drug-likeness (QED) is 0.236. The fourth-order valence-electron chi connectivity index (χ4n) is 6.34. The number of aliphatic hydroxyl groups is 1. The third-order valence-corrected chi connectivity index (χ3v) is 9.85. The summed E-state index contributed by atoms with van der Waals surface area (Å²) in [4.78, 5) is 26.9. The maximum absolute atomic E-state index is 14.0. The number of Topliss-reactive ketones (excluding diaryl/α,β-unsaturated/α-hetero) is 2. The zero-order valence-electron chi connectivity index (χ0n) is 21.3. The van der Waals surface area contributed by atoms with Gasteiger partial charge < -0.3 is 14.6 Å². The van der Waals surface area contributed by atoms with Gasteiger partial charge in [0.1, 0.15) is 22.3 Å². The number of ether oxygens (including phenoxy) is 2. The minimum absolute atomic E-state index is 0.135. The molecule has 5 nitrogen and oxygen atoms in total. The Morgan fingerprint density at radius 1 is 0.975 bits per heavy atom. The van der Waals surface area contributed by atoms with E-state index in [0.29, 0.717) is 17.1 Å². The Hall–Kier alpha value is -2.97. The average Bonchev–Trinajstić information content (AvgIpc) is 3.35. The summed E-state index contributed by atoms with van der Waals surface area (Å²) in [5.41, 5.74) is -1.93. The molecular formula is C32H21Br2ClO5. The van der Waals surface area contributed by atoms with Crippen molar-refractivity contribution in [2.24, 2.45) is 5.92 Å². The maximum Gasteiger partial charge on any atom is 0.214 e. The summed E-state index contributed by atoms with van der Waals surface area (Å²) in [5, 5.41) is 16.0. The van der Waals surface area contributed by atoms with Gasteiger partial charge in [0.15, 0.2) is 17.0 Å². The van der Waals surface area contributed by atoms with Crippen LogP contribution in [0.3, 0.4) is 0 Å². The molecule has 0 saturated heterocycles. The molecule has 2 aliphatic heterocycles. The first-order chi connectivity index (χ1) is 19.0. The van der Waals surface area contributed by atoms with Crippen molar-refractivity contribution in [3.05, 3.63) is 97.1 Å². The number of carbonyl (C=O) groups is 2. The SMILES string of the molecule is CC(=O)[C@H](C)[C@]1(O)C(=O)C(Cl)=C2Oc3ccc4cc(Br)ccc4c3C=C2[C@@]12Cc1c(ccc3cc(Br)ccc13)O2. The Kier molecular flexibility index (Phi) is 5.69. The Balaban J connectivity index is 1.55. The molecule has 7 rings (SSSR count). The van der Waals surface area contributed by atoms with Gasteiger partial charge in [0.05, 0.1) is 5.92 Å². The molecule has 0 saturated carbocycles. The van der Waals surface area contributed by atoms with E-state index in [1.807, 2.05) is 66.7 Å². The number of fused-ring (bicyclic) bond motifs is 8. The normalized spacial score (nSPS) is 23.9. The predicted molar refractivity (Wildman–Crippen MR) is 162 cm³/mol. The lowest BCUT2D eigenvalue weighted by atomic mass is 9.61. The lowest BCUT2D eigenvalue weighted by Crippen LogP contribution is -2.70. The molecule has 0 fully saturated rings. The lowest BCUT2D eigenvalue weighted by molar-refractivity contribution is -0.171. The number of hydrogen-bond acceptors (Lipinski definition) is 5. The minimum Gasteiger partial charge on any atom is -0.478 e. The lowest BCUT2D eigenvalue weighted by Gasteiger charge is -2.50. The number of halogens is 3. The van der Waals surface area contributed by atoms with Crippen LogP contribution in [0.25, 0.3) is 27.6 Å². The van der Waals surface area contributed by atoms with Crippen LogP contribution in [-0.4, -0.2) is 27.9 Å². The molecule has 1 N–H and O–H groups in total. The van der Waals surface area contributed by atoms with E-state index in [-0.39, 0.29) is 23.0 Å². The molecule has 8 heteroatoms. The van der Waals surface area contributed by atoms with Gasteiger partial charge in [-0.15, -0.1) is 0 Å². The highest BCUT2D eigenvalue weighted by Crippen LogP contribution is 2.58. The molecule has 4 aromatic rings. The van der Waals surface area contributed by atoms with Crippen molar-refractivity contribution in [3.8, 4) is 11.5 Å². The van der Waals surface area contributed by atoms with Gasteiger partial charge in [-0.25, -0.2) is 0 Å². The second-order valence-electron chi connectivity index (χ2n) is 10.6. The molecule has 0 bridgehead atoms. The molecule has 4 aromatic carbocycles. The van der Waals surface area contributed by atoms with Crippen LogP contribution in [0.2, 0.25) is 0 Å². The summed E-state index contributed by atoms with van der Waals surface area (Å²) >= 11 is 13.8. The van der Waals surface area contributed by atoms with Gasteiger partial charge in [0, 0.05) is 32.1 Å².